The predicted molar refractivity (Wildman–Crippen MR) is 157 cm³/mol. The summed E-state index contributed by atoms with van der Waals surface area (Å²) in [5.41, 5.74) is -0.106. The van der Waals surface area contributed by atoms with E-state index < -0.39 is 41.4 Å². The van der Waals surface area contributed by atoms with Crippen molar-refractivity contribution in [3.8, 4) is 5.19 Å². The van der Waals surface area contributed by atoms with Crippen molar-refractivity contribution >= 4 is 45.0 Å². The van der Waals surface area contributed by atoms with Gasteiger partial charge >= 0.3 is 5.97 Å². The van der Waals surface area contributed by atoms with Gasteiger partial charge in [-0.05, 0) is 56.0 Å². The van der Waals surface area contributed by atoms with Crippen molar-refractivity contribution < 1.29 is 28.6 Å². The van der Waals surface area contributed by atoms with Crippen molar-refractivity contribution in [1.29, 1.82) is 0 Å². The fourth-order valence-corrected chi connectivity index (χ4v) is 6.85. The number of aliphatic carboxylic acids is 1. The van der Waals surface area contributed by atoms with Crippen LogP contribution in [0, 0.1) is 11.7 Å². The number of carbonyl (C=O) groups is 3. The zero-order chi connectivity index (χ0) is 29.3. The predicted octanol–water partition coefficient (Wildman–Crippen LogP) is 4.74. The van der Waals surface area contributed by atoms with Gasteiger partial charge in [-0.25, -0.2) is 14.2 Å². The van der Waals surface area contributed by atoms with E-state index in [9.17, 15) is 23.9 Å². The maximum atomic E-state index is 14.1. The molecule has 1 aromatic heterocycles. The highest BCUT2D eigenvalue weighted by Crippen LogP contribution is 2.45. The number of amides is 2. The molecule has 42 heavy (non-hydrogen) atoms. The number of allylic oxidation sites excluding steroid dienone is 1. The zero-order valence-electron chi connectivity index (χ0n) is 23.0. The number of aromatic nitrogens is 1. The third kappa shape index (κ3) is 5.83. The number of carboxylic acids is 1. The average molecular weight is 593 g/mol. The first-order valence-corrected chi connectivity index (χ1v) is 15.2. The molecule has 0 unspecified atom stereocenters. The largest absolute Gasteiger partial charge is 0.479 e. The van der Waals surface area contributed by atoms with Crippen LogP contribution in [0.5, 0.6) is 5.19 Å². The van der Waals surface area contributed by atoms with Crippen LogP contribution in [0.15, 0.2) is 60.7 Å². The fourth-order valence-electron chi connectivity index (χ4n) is 5.97. The molecule has 0 spiro atoms. The van der Waals surface area contributed by atoms with E-state index in [1.807, 2.05) is 36.4 Å². The highest BCUT2D eigenvalue weighted by atomic mass is 32.1. The number of rotatable bonds is 5. The van der Waals surface area contributed by atoms with Crippen molar-refractivity contribution in [2.75, 3.05) is 11.9 Å². The Bertz CT molecular complexity index is 1490. The Morgan fingerprint density at radius 3 is 2.83 bits per heavy atom. The van der Waals surface area contributed by atoms with Gasteiger partial charge in [-0.1, -0.05) is 54.5 Å². The Kier molecular flexibility index (Phi) is 7.85. The van der Waals surface area contributed by atoms with E-state index in [4.69, 9.17) is 4.74 Å². The Morgan fingerprint density at radius 2 is 2.02 bits per heavy atom. The number of anilines is 1. The maximum Gasteiger partial charge on any atom is 0.330 e. The van der Waals surface area contributed by atoms with Gasteiger partial charge in [-0.2, -0.15) is 0 Å². The van der Waals surface area contributed by atoms with Crippen LogP contribution in [0.1, 0.15) is 44.9 Å². The molecular formula is C31H33FN4O5S. The van der Waals surface area contributed by atoms with Crippen molar-refractivity contribution in [3.63, 3.8) is 0 Å². The van der Waals surface area contributed by atoms with Gasteiger partial charge in [0.25, 0.3) is 5.19 Å². The molecule has 0 bridgehead atoms. The number of nitrogens with zero attached hydrogens (tertiary/aromatic N) is 2. The summed E-state index contributed by atoms with van der Waals surface area (Å²) in [5, 5.41) is 16.5. The topological polar surface area (TPSA) is 121 Å². The highest BCUT2D eigenvalue weighted by molar-refractivity contribution is 7.20. The van der Waals surface area contributed by atoms with Gasteiger partial charge in [0, 0.05) is 18.0 Å². The van der Waals surface area contributed by atoms with Crippen molar-refractivity contribution in [1.82, 2.24) is 15.2 Å². The molecule has 1 saturated carbocycles. The Balaban J connectivity index is 1.29. The lowest BCUT2D eigenvalue weighted by molar-refractivity contribution is -0.145. The summed E-state index contributed by atoms with van der Waals surface area (Å²) >= 11 is 1.39. The van der Waals surface area contributed by atoms with Crippen LogP contribution < -0.4 is 15.4 Å². The number of carbonyl (C=O) groups excluding carboxylic acids is 2. The summed E-state index contributed by atoms with van der Waals surface area (Å²) in [5.74, 6) is -2.63. The molecule has 9 nitrogen and oxygen atoms in total. The smallest absolute Gasteiger partial charge is 0.330 e. The molecule has 3 aromatic rings. The molecule has 3 aliphatic rings. The minimum atomic E-state index is -1.38. The van der Waals surface area contributed by atoms with Crippen LogP contribution in [0.4, 0.5) is 10.1 Å². The Hall–Kier alpha value is -3.99. The molecule has 1 aliphatic carbocycles. The summed E-state index contributed by atoms with van der Waals surface area (Å²) < 4.78 is 21.2. The normalized spacial score (nSPS) is 29.0. The number of para-hydroxylation sites is 1. The third-order valence-electron chi connectivity index (χ3n) is 8.33. The van der Waals surface area contributed by atoms with E-state index in [0.29, 0.717) is 23.7 Å². The number of fused-ring (bicyclic) bond motifs is 3. The second-order valence-electron chi connectivity index (χ2n) is 11.3. The molecule has 220 valence electrons. The van der Waals surface area contributed by atoms with Crippen molar-refractivity contribution in [2.24, 2.45) is 5.92 Å². The lowest BCUT2D eigenvalue weighted by atomic mass is 10.0. The number of ether oxygens (including phenoxy) is 1. The molecule has 2 amide bonds. The van der Waals surface area contributed by atoms with Crippen LogP contribution in [-0.2, 0) is 14.4 Å². The third-order valence-corrected chi connectivity index (χ3v) is 9.26. The van der Waals surface area contributed by atoms with Gasteiger partial charge in [0.1, 0.15) is 29.5 Å². The molecule has 3 N–H and O–H groups in total. The second kappa shape index (κ2) is 11.7. The van der Waals surface area contributed by atoms with E-state index in [1.165, 1.54) is 28.4 Å². The summed E-state index contributed by atoms with van der Waals surface area (Å²) in [6.45, 7) is 0.136. The van der Waals surface area contributed by atoms with Gasteiger partial charge < -0.3 is 25.4 Å². The molecule has 2 fully saturated rings. The van der Waals surface area contributed by atoms with Crippen LogP contribution in [0.2, 0.25) is 0 Å². The lowest BCUT2D eigenvalue weighted by Gasteiger charge is -2.30. The number of hydrogen-bond acceptors (Lipinski definition) is 7. The van der Waals surface area contributed by atoms with E-state index in [1.54, 1.807) is 12.1 Å². The summed E-state index contributed by atoms with van der Waals surface area (Å²) in [6, 6.07) is 12.0. The molecule has 5 atom stereocenters. The fraction of sp³-hybridized carbons (Fsp3) is 0.419. The SMILES string of the molecule is O=C1N[C@]2(C(=O)O)C[C@H]2/C=C\CCCCC[C@H](Nc2cccc(F)c2)C(=O)N2C[C@H](Oc3nc4ccccc4s3)C[C@@H]12. The molecule has 3 heterocycles. The summed E-state index contributed by atoms with van der Waals surface area (Å²) in [7, 11) is 0. The van der Waals surface area contributed by atoms with Crippen molar-refractivity contribution in [2.45, 2.75) is 68.7 Å². The van der Waals surface area contributed by atoms with E-state index in [2.05, 4.69) is 15.6 Å². The van der Waals surface area contributed by atoms with Gasteiger partial charge in [0.2, 0.25) is 11.8 Å². The minimum Gasteiger partial charge on any atom is -0.479 e. The first kappa shape index (κ1) is 28.1. The summed E-state index contributed by atoms with van der Waals surface area (Å²) in [6.07, 6.45) is 7.65. The molecule has 2 aromatic carbocycles. The molecule has 0 radical (unpaired) electrons. The summed E-state index contributed by atoms with van der Waals surface area (Å²) in [4.78, 5) is 46.2. The number of thiazole rings is 1. The first-order valence-electron chi connectivity index (χ1n) is 14.4. The van der Waals surface area contributed by atoms with E-state index >= 15 is 0 Å². The molecule has 1 saturated heterocycles. The number of carboxylic acid groups (broad SMARTS) is 1. The average Bonchev–Trinajstić information content (AvgIpc) is 3.28. The molecule has 2 aliphatic heterocycles. The molecule has 6 rings (SSSR count). The monoisotopic (exact) mass is 592 g/mol. The van der Waals surface area contributed by atoms with E-state index in [-0.39, 0.29) is 24.8 Å². The minimum absolute atomic E-state index is 0.136. The number of hydrogen-bond donors (Lipinski definition) is 3. The van der Waals surface area contributed by atoms with Gasteiger partial charge in [0.05, 0.1) is 16.8 Å². The second-order valence-corrected chi connectivity index (χ2v) is 12.3. The zero-order valence-corrected chi connectivity index (χ0v) is 23.8. The standard InChI is InChI=1S/C31H33FN4O5S/c32-20-10-8-11-21(15-20)33-24-13-5-3-1-2-4-9-19-17-31(19,29(39)40)35-27(37)25-16-22(18-36(25)28(24)38)41-30-34-23-12-6-7-14-26(23)42-30/h4,6-12,14-15,19,22,24-25,33H,1-3,5,13,16-18H2,(H,35,37)(H,39,40)/b9-4-/t19-,22-,24+,25+,31-/m1/s1. The van der Waals surface area contributed by atoms with E-state index in [0.717, 1.165) is 35.9 Å². The van der Waals surface area contributed by atoms with Crippen LogP contribution >= 0.6 is 11.3 Å². The Labute approximate surface area is 246 Å². The first-order chi connectivity index (χ1) is 20.3. The van der Waals surface area contributed by atoms with Crippen molar-refractivity contribution in [3.05, 3.63) is 66.5 Å². The maximum absolute atomic E-state index is 14.1. The number of benzene rings is 2. The molecule has 11 heteroatoms. The Morgan fingerprint density at radius 1 is 1.17 bits per heavy atom. The number of halogens is 1. The lowest BCUT2D eigenvalue weighted by Crippen LogP contribution is -2.55. The van der Waals surface area contributed by atoms with Crippen LogP contribution in [0.25, 0.3) is 10.2 Å². The van der Waals surface area contributed by atoms with Gasteiger partial charge in [-0.15, -0.1) is 0 Å². The molecular weight excluding hydrogens is 559 g/mol. The van der Waals surface area contributed by atoms with Crippen LogP contribution in [0.3, 0.4) is 0 Å². The van der Waals surface area contributed by atoms with Crippen LogP contribution in [-0.4, -0.2) is 63.0 Å². The van der Waals surface area contributed by atoms with Gasteiger partial charge in [-0.3, -0.25) is 9.59 Å². The van der Waals surface area contributed by atoms with Gasteiger partial charge in [0.15, 0.2) is 0 Å². The quantitative estimate of drug-likeness (QED) is 0.366. The highest BCUT2D eigenvalue weighted by Gasteiger charge is 2.61. The number of nitrogens with one attached hydrogen (secondary N) is 2.